The molecule has 0 unspecified atom stereocenters. The number of alkyl halides is 1. The topological polar surface area (TPSA) is 12.9 Å². The molecule has 0 bridgehead atoms. The predicted molar refractivity (Wildman–Crippen MR) is 80.2 cm³/mol. The van der Waals surface area contributed by atoms with Crippen LogP contribution in [-0.2, 0) is 0 Å². The maximum absolute atomic E-state index is 4.46. The van der Waals surface area contributed by atoms with Crippen molar-refractivity contribution in [1.29, 1.82) is 0 Å². The molecule has 1 saturated carbocycles. The van der Waals surface area contributed by atoms with E-state index in [9.17, 15) is 0 Å². The monoisotopic (exact) mass is 303 g/mol. The number of hydrogen-bond donors (Lipinski definition) is 0. The second-order valence-electron chi connectivity index (χ2n) is 5.29. The minimum atomic E-state index is 0.730. The van der Waals surface area contributed by atoms with E-state index in [0.717, 1.165) is 22.7 Å². The molecule has 1 aliphatic carbocycles. The Morgan fingerprint density at radius 1 is 1.06 bits per heavy atom. The second kappa shape index (κ2) is 5.40. The molecule has 18 heavy (non-hydrogen) atoms. The number of rotatable bonds is 2. The zero-order chi connectivity index (χ0) is 12.4. The molecule has 0 N–H and O–H groups in total. The van der Waals surface area contributed by atoms with Gasteiger partial charge in [0.1, 0.15) is 0 Å². The first-order valence-electron chi connectivity index (χ1n) is 6.78. The van der Waals surface area contributed by atoms with Crippen LogP contribution < -0.4 is 0 Å². The molecular weight excluding hydrogens is 286 g/mol. The van der Waals surface area contributed by atoms with Crippen LogP contribution in [0.3, 0.4) is 0 Å². The average molecular weight is 304 g/mol. The van der Waals surface area contributed by atoms with Crippen LogP contribution in [0.4, 0.5) is 0 Å². The summed E-state index contributed by atoms with van der Waals surface area (Å²) < 4.78 is 0. The number of halogens is 1. The van der Waals surface area contributed by atoms with Gasteiger partial charge in [0, 0.05) is 16.9 Å². The molecule has 0 radical (unpaired) electrons. The van der Waals surface area contributed by atoms with E-state index in [0.29, 0.717) is 0 Å². The van der Waals surface area contributed by atoms with Gasteiger partial charge in [-0.05, 0) is 55.2 Å². The minimum Gasteiger partial charge on any atom is -0.256 e. The fraction of sp³-hybridized carbons (Fsp3) is 0.438. The summed E-state index contributed by atoms with van der Waals surface area (Å²) in [7, 11) is 0. The van der Waals surface area contributed by atoms with Crippen LogP contribution in [0.2, 0.25) is 0 Å². The lowest BCUT2D eigenvalue weighted by atomic mass is 9.78. The lowest BCUT2D eigenvalue weighted by Crippen LogP contribution is -2.14. The van der Waals surface area contributed by atoms with Crippen molar-refractivity contribution in [3.05, 3.63) is 42.1 Å². The van der Waals surface area contributed by atoms with Crippen LogP contribution in [-0.4, -0.2) is 10.3 Å². The molecule has 3 rings (SSSR count). The lowest BCUT2D eigenvalue weighted by molar-refractivity contribution is 0.355. The molecule has 0 spiro atoms. The quantitative estimate of drug-likeness (QED) is 0.719. The summed E-state index contributed by atoms with van der Waals surface area (Å²) in [5.41, 5.74) is 2.64. The SMILES string of the molecule is BrC[C@H]1CC[C@@H](c2ccnc3ccccc32)CC1. The molecule has 2 heteroatoms. The summed E-state index contributed by atoms with van der Waals surface area (Å²) in [6.45, 7) is 0. The van der Waals surface area contributed by atoms with Gasteiger partial charge in [0.2, 0.25) is 0 Å². The van der Waals surface area contributed by atoms with E-state index in [1.165, 1.54) is 36.6 Å². The summed E-state index contributed by atoms with van der Waals surface area (Å²) in [4.78, 5) is 4.46. The summed E-state index contributed by atoms with van der Waals surface area (Å²) in [6.07, 6.45) is 7.32. The van der Waals surface area contributed by atoms with E-state index in [2.05, 4.69) is 51.2 Å². The maximum Gasteiger partial charge on any atom is 0.0704 e. The van der Waals surface area contributed by atoms with Crippen molar-refractivity contribution in [2.45, 2.75) is 31.6 Å². The first kappa shape index (κ1) is 12.2. The highest BCUT2D eigenvalue weighted by atomic mass is 79.9. The first-order valence-corrected chi connectivity index (χ1v) is 7.90. The number of fused-ring (bicyclic) bond motifs is 1. The normalized spacial score (nSPS) is 24.3. The van der Waals surface area contributed by atoms with Gasteiger partial charge in [-0.15, -0.1) is 0 Å². The van der Waals surface area contributed by atoms with Crippen molar-refractivity contribution >= 4 is 26.8 Å². The van der Waals surface area contributed by atoms with Crippen molar-refractivity contribution < 1.29 is 0 Å². The van der Waals surface area contributed by atoms with Crippen LogP contribution >= 0.6 is 15.9 Å². The molecule has 0 amide bonds. The molecule has 1 aromatic heterocycles. The van der Waals surface area contributed by atoms with Crippen LogP contribution in [0.15, 0.2) is 36.5 Å². The number of nitrogens with zero attached hydrogens (tertiary/aromatic N) is 1. The molecule has 0 atom stereocenters. The Labute approximate surface area is 117 Å². The maximum atomic E-state index is 4.46. The Bertz CT molecular complexity index is 524. The summed E-state index contributed by atoms with van der Waals surface area (Å²) >= 11 is 3.62. The fourth-order valence-corrected chi connectivity index (χ4v) is 3.75. The third-order valence-electron chi connectivity index (χ3n) is 4.19. The molecule has 2 aromatic rings. The summed E-state index contributed by atoms with van der Waals surface area (Å²) in [5.74, 6) is 1.61. The highest BCUT2D eigenvalue weighted by Gasteiger charge is 2.22. The van der Waals surface area contributed by atoms with Gasteiger partial charge in [-0.1, -0.05) is 34.1 Å². The molecule has 0 saturated heterocycles. The van der Waals surface area contributed by atoms with Gasteiger partial charge in [-0.3, -0.25) is 4.98 Å². The molecule has 1 nitrogen and oxygen atoms in total. The summed E-state index contributed by atoms with van der Waals surface area (Å²) in [6, 6.07) is 10.7. The average Bonchev–Trinajstić information content (AvgIpc) is 2.47. The van der Waals surface area contributed by atoms with E-state index in [4.69, 9.17) is 0 Å². The lowest BCUT2D eigenvalue weighted by Gasteiger charge is -2.28. The molecule has 1 aromatic carbocycles. The van der Waals surface area contributed by atoms with Gasteiger partial charge >= 0.3 is 0 Å². The number of pyridine rings is 1. The largest absolute Gasteiger partial charge is 0.256 e. The molecular formula is C16H18BrN. The highest BCUT2D eigenvalue weighted by molar-refractivity contribution is 9.09. The smallest absolute Gasteiger partial charge is 0.0704 e. The highest BCUT2D eigenvalue weighted by Crippen LogP contribution is 2.38. The van der Waals surface area contributed by atoms with Crippen LogP contribution in [0.25, 0.3) is 10.9 Å². The van der Waals surface area contributed by atoms with E-state index in [1.54, 1.807) is 0 Å². The van der Waals surface area contributed by atoms with Crippen LogP contribution in [0, 0.1) is 5.92 Å². The van der Waals surface area contributed by atoms with Crippen LogP contribution in [0.5, 0.6) is 0 Å². The Morgan fingerprint density at radius 2 is 1.83 bits per heavy atom. The van der Waals surface area contributed by atoms with Crippen molar-refractivity contribution in [1.82, 2.24) is 4.98 Å². The van der Waals surface area contributed by atoms with E-state index in [1.807, 2.05) is 6.20 Å². The third-order valence-corrected chi connectivity index (χ3v) is 5.10. The fourth-order valence-electron chi connectivity index (χ4n) is 3.10. The van der Waals surface area contributed by atoms with Gasteiger partial charge in [0.25, 0.3) is 0 Å². The third kappa shape index (κ3) is 2.31. The Kier molecular flexibility index (Phi) is 3.64. The number of hydrogen-bond acceptors (Lipinski definition) is 1. The first-order chi connectivity index (χ1) is 8.88. The zero-order valence-corrected chi connectivity index (χ0v) is 12.1. The van der Waals surface area contributed by atoms with E-state index < -0.39 is 0 Å². The van der Waals surface area contributed by atoms with Gasteiger partial charge in [-0.25, -0.2) is 0 Å². The van der Waals surface area contributed by atoms with E-state index in [-0.39, 0.29) is 0 Å². The molecule has 1 heterocycles. The number of aromatic nitrogens is 1. The second-order valence-corrected chi connectivity index (χ2v) is 5.94. The number of para-hydroxylation sites is 1. The van der Waals surface area contributed by atoms with Crippen molar-refractivity contribution in [3.8, 4) is 0 Å². The van der Waals surface area contributed by atoms with Crippen molar-refractivity contribution in [2.75, 3.05) is 5.33 Å². The van der Waals surface area contributed by atoms with Crippen molar-refractivity contribution in [2.24, 2.45) is 5.92 Å². The predicted octanol–water partition coefficient (Wildman–Crippen LogP) is 4.90. The standard InChI is InChI=1S/C16H18BrN/c17-11-12-5-7-13(8-6-12)14-9-10-18-16-4-2-1-3-15(14)16/h1-4,9-10,12-13H,5-8,11H2/t12-,13+. The molecule has 1 fully saturated rings. The van der Waals surface area contributed by atoms with E-state index >= 15 is 0 Å². The Hall–Kier alpha value is -0.890. The van der Waals surface area contributed by atoms with Gasteiger partial charge < -0.3 is 0 Å². The van der Waals surface area contributed by atoms with Gasteiger partial charge in [0.05, 0.1) is 5.52 Å². The van der Waals surface area contributed by atoms with Crippen molar-refractivity contribution in [3.63, 3.8) is 0 Å². The molecule has 94 valence electrons. The van der Waals surface area contributed by atoms with Gasteiger partial charge in [0.15, 0.2) is 0 Å². The Morgan fingerprint density at radius 3 is 2.61 bits per heavy atom. The number of benzene rings is 1. The molecule has 1 aliphatic rings. The summed E-state index contributed by atoms with van der Waals surface area (Å²) in [5, 5.41) is 2.51. The van der Waals surface area contributed by atoms with Gasteiger partial charge in [-0.2, -0.15) is 0 Å². The van der Waals surface area contributed by atoms with Crippen LogP contribution in [0.1, 0.15) is 37.2 Å². The molecule has 0 aliphatic heterocycles. The minimum absolute atomic E-state index is 0.730. The Balaban J connectivity index is 1.91. The zero-order valence-electron chi connectivity index (χ0n) is 10.5.